The highest BCUT2D eigenvalue weighted by molar-refractivity contribution is 5.61. The Morgan fingerprint density at radius 2 is 1.96 bits per heavy atom. The summed E-state index contributed by atoms with van der Waals surface area (Å²) in [5.41, 5.74) is 2.53. The van der Waals surface area contributed by atoms with Crippen molar-refractivity contribution in [2.45, 2.75) is 19.5 Å². The average molecular weight is 365 g/mol. The number of nitrogens with one attached hydrogen (secondary N) is 2. The summed E-state index contributed by atoms with van der Waals surface area (Å²) < 4.78 is 5.26. The van der Waals surface area contributed by atoms with Crippen molar-refractivity contribution in [2.75, 3.05) is 24.4 Å². The number of hydrogen-bond acceptors (Lipinski definition) is 7. The Labute approximate surface area is 158 Å². The number of methoxy groups -OCH3 is 1. The molecule has 3 N–H and O–H groups in total. The normalized spacial score (nSPS) is 11.7. The molecule has 1 aromatic carbocycles. The number of benzene rings is 1. The fourth-order valence-corrected chi connectivity index (χ4v) is 2.49. The molecule has 0 fully saturated rings. The minimum Gasteiger partial charge on any atom is -0.497 e. The van der Waals surface area contributed by atoms with E-state index in [1.807, 2.05) is 55.5 Å². The van der Waals surface area contributed by atoms with E-state index in [9.17, 15) is 5.11 Å². The average Bonchev–Trinajstić information content (AvgIpc) is 2.72. The summed E-state index contributed by atoms with van der Waals surface area (Å²) in [5.74, 6) is 1.92. The van der Waals surface area contributed by atoms with Gasteiger partial charge in [-0.15, -0.1) is 0 Å². The van der Waals surface area contributed by atoms with Gasteiger partial charge in [0.25, 0.3) is 0 Å². The number of anilines is 2. The number of aliphatic hydroxyl groups is 1. The summed E-state index contributed by atoms with van der Waals surface area (Å²) in [4.78, 5) is 13.4. The summed E-state index contributed by atoms with van der Waals surface area (Å²) in [6, 6.07) is 15.2. The molecule has 3 aromatic rings. The molecule has 0 saturated carbocycles. The first-order valence-corrected chi connectivity index (χ1v) is 8.72. The van der Waals surface area contributed by atoms with Gasteiger partial charge in [-0.3, -0.25) is 4.98 Å². The van der Waals surface area contributed by atoms with E-state index in [-0.39, 0.29) is 12.6 Å². The summed E-state index contributed by atoms with van der Waals surface area (Å²) in [6.07, 6.45) is 1.73. The van der Waals surface area contributed by atoms with Gasteiger partial charge in [-0.25, -0.2) is 4.98 Å². The van der Waals surface area contributed by atoms with E-state index in [1.54, 1.807) is 13.3 Å². The molecule has 0 aliphatic rings. The lowest BCUT2D eigenvalue weighted by atomic mass is 10.2. The molecule has 0 aliphatic heterocycles. The molecule has 2 heterocycles. The van der Waals surface area contributed by atoms with Gasteiger partial charge in [0.15, 0.2) is 0 Å². The second kappa shape index (κ2) is 8.95. The molecule has 2 aromatic heterocycles. The van der Waals surface area contributed by atoms with Crippen LogP contribution in [0.5, 0.6) is 5.75 Å². The molecule has 1 atom stereocenters. The van der Waals surface area contributed by atoms with Crippen molar-refractivity contribution in [3.63, 3.8) is 0 Å². The highest BCUT2D eigenvalue weighted by Gasteiger charge is 2.10. The highest BCUT2D eigenvalue weighted by atomic mass is 16.5. The van der Waals surface area contributed by atoms with E-state index < -0.39 is 0 Å². The van der Waals surface area contributed by atoms with E-state index in [0.29, 0.717) is 24.0 Å². The molecule has 0 amide bonds. The lowest BCUT2D eigenvalue weighted by molar-refractivity contribution is 0.281. The molecule has 0 bridgehead atoms. The number of nitrogens with zero attached hydrogens (tertiary/aromatic N) is 3. The zero-order chi connectivity index (χ0) is 19.1. The van der Waals surface area contributed by atoms with Crippen molar-refractivity contribution >= 4 is 11.8 Å². The van der Waals surface area contributed by atoms with E-state index in [0.717, 1.165) is 17.0 Å². The van der Waals surface area contributed by atoms with Crippen LogP contribution >= 0.6 is 0 Å². The van der Waals surface area contributed by atoms with E-state index in [1.165, 1.54) is 0 Å². The van der Waals surface area contributed by atoms with Crippen LogP contribution in [0.1, 0.15) is 12.5 Å². The van der Waals surface area contributed by atoms with Gasteiger partial charge in [0.05, 0.1) is 25.1 Å². The standard InChI is InChI=1S/C20H23N5O2/c1-14(13-26)23-20-24-18(17-8-3-4-9-21-17)11-19(25-20)22-12-15-6-5-7-16(10-15)27-2/h3-11,14,26H,12-13H2,1-2H3,(H2,22,23,24,25)/t14-/m0/s1. The molecule has 0 spiro atoms. The van der Waals surface area contributed by atoms with Gasteiger partial charge in [0, 0.05) is 24.8 Å². The second-order valence-corrected chi connectivity index (χ2v) is 6.11. The Kier molecular flexibility index (Phi) is 6.17. The molecule has 3 rings (SSSR count). The third kappa shape index (κ3) is 5.15. The van der Waals surface area contributed by atoms with Crippen LogP contribution in [0.25, 0.3) is 11.4 Å². The highest BCUT2D eigenvalue weighted by Crippen LogP contribution is 2.21. The molecule has 7 heteroatoms. The third-order valence-electron chi connectivity index (χ3n) is 3.91. The number of ether oxygens (including phenoxy) is 1. The smallest absolute Gasteiger partial charge is 0.225 e. The van der Waals surface area contributed by atoms with E-state index in [2.05, 4.69) is 25.6 Å². The van der Waals surface area contributed by atoms with E-state index >= 15 is 0 Å². The Hall–Kier alpha value is -3.19. The summed E-state index contributed by atoms with van der Waals surface area (Å²) in [5, 5.41) is 15.7. The fraction of sp³-hybridized carbons (Fsp3) is 0.250. The van der Waals surface area contributed by atoms with Gasteiger partial charge in [-0.2, -0.15) is 4.98 Å². The predicted octanol–water partition coefficient (Wildman–Crippen LogP) is 2.95. The first-order chi connectivity index (χ1) is 13.2. The van der Waals surface area contributed by atoms with Crippen molar-refractivity contribution in [2.24, 2.45) is 0 Å². The maximum atomic E-state index is 9.30. The second-order valence-electron chi connectivity index (χ2n) is 6.11. The topological polar surface area (TPSA) is 92.2 Å². The van der Waals surface area contributed by atoms with Gasteiger partial charge < -0.3 is 20.5 Å². The molecular weight excluding hydrogens is 342 g/mol. The van der Waals surface area contributed by atoms with Crippen molar-refractivity contribution in [1.82, 2.24) is 15.0 Å². The van der Waals surface area contributed by atoms with Crippen molar-refractivity contribution < 1.29 is 9.84 Å². The Morgan fingerprint density at radius 1 is 1.07 bits per heavy atom. The van der Waals surface area contributed by atoms with Crippen molar-refractivity contribution in [3.05, 3.63) is 60.3 Å². The number of hydrogen-bond donors (Lipinski definition) is 3. The van der Waals surface area contributed by atoms with Gasteiger partial charge in [-0.1, -0.05) is 18.2 Å². The Bertz CT molecular complexity index is 873. The number of rotatable bonds is 8. The lowest BCUT2D eigenvalue weighted by Gasteiger charge is -2.14. The van der Waals surface area contributed by atoms with Crippen LogP contribution in [0.3, 0.4) is 0 Å². The lowest BCUT2D eigenvalue weighted by Crippen LogP contribution is -2.21. The molecular formula is C20H23N5O2. The molecule has 140 valence electrons. The molecule has 0 saturated heterocycles. The largest absolute Gasteiger partial charge is 0.497 e. The van der Waals surface area contributed by atoms with Gasteiger partial charge in [-0.05, 0) is 36.8 Å². The molecule has 0 radical (unpaired) electrons. The van der Waals surface area contributed by atoms with Crippen LogP contribution in [0.4, 0.5) is 11.8 Å². The molecule has 7 nitrogen and oxygen atoms in total. The zero-order valence-corrected chi connectivity index (χ0v) is 15.4. The Morgan fingerprint density at radius 3 is 2.70 bits per heavy atom. The first-order valence-electron chi connectivity index (χ1n) is 8.72. The fourth-order valence-electron chi connectivity index (χ4n) is 2.49. The number of pyridine rings is 1. The van der Waals surface area contributed by atoms with Gasteiger partial charge in [0.1, 0.15) is 11.6 Å². The zero-order valence-electron chi connectivity index (χ0n) is 15.4. The van der Waals surface area contributed by atoms with Crippen LogP contribution in [-0.2, 0) is 6.54 Å². The monoisotopic (exact) mass is 365 g/mol. The maximum Gasteiger partial charge on any atom is 0.225 e. The molecule has 27 heavy (non-hydrogen) atoms. The third-order valence-corrected chi connectivity index (χ3v) is 3.91. The van der Waals surface area contributed by atoms with Gasteiger partial charge >= 0.3 is 0 Å². The van der Waals surface area contributed by atoms with Crippen LogP contribution < -0.4 is 15.4 Å². The van der Waals surface area contributed by atoms with Crippen LogP contribution in [-0.4, -0.2) is 39.8 Å². The minimum atomic E-state index is -0.157. The SMILES string of the molecule is COc1cccc(CNc2cc(-c3ccccn3)nc(N[C@@H](C)CO)n2)c1. The molecule has 0 unspecified atom stereocenters. The maximum absolute atomic E-state index is 9.30. The predicted molar refractivity (Wildman–Crippen MR) is 106 cm³/mol. The van der Waals surface area contributed by atoms with Crippen LogP contribution in [0.15, 0.2) is 54.7 Å². The van der Waals surface area contributed by atoms with E-state index in [4.69, 9.17) is 4.74 Å². The Balaban J connectivity index is 1.85. The summed E-state index contributed by atoms with van der Waals surface area (Å²) in [7, 11) is 1.65. The van der Waals surface area contributed by atoms with Gasteiger partial charge in [0.2, 0.25) is 5.95 Å². The van der Waals surface area contributed by atoms with Crippen LogP contribution in [0, 0.1) is 0 Å². The van der Waals surface area contributed by atoms with Crippen molar-refractivity contribution in [1.29, 1.82) is 0 Å². The molecule has 0 aliphatic carbocycles. The minimum absolute atomic E-state index is 0.0102. The number of aromatic nitrogens is 3. The summed E-state index contributed by atoms with van der Waals surface area (Å²) in [6.45, 7) is 2.44. The summed E-state index contributed by atoms with van der Waals surface area (Å²) >= 11 is 0. The first kappa shape index (κ1) is 18.6. The number of aliphatic hydroxyl groups excluding tert-OH is 1. The van der Waals surface area contributed by atoms with Crippen molar-refractivity contribution in [3.8, 4) is 17.1 Å². The van der Waals surface area contributed by atoms with Crippen LogP contribution in [0.2, 0.25) is 0 Å². The quantitative estimate of drug-likeness (QED) is 0.565.